The standard InChI is InChI=1S/C35H33F2N5O5/c1-44-30-20-25-27(21-31(30)45-18-4-17-42-15-2-3-16-42)38-14-11-28(25)46-29-10-9-24(19-26(29)37)39-33(43)35(12-13-35)34-41-40-32(47-34)22-5-7-23(36)8-6-22/h5-11,14,19-21H,2-4,12-13,15-18H2,1H3,(H,39,43). The first-order valence-electron chi connectivity index (χ1n) is 15.6. The molecule has 1 amide bonds. The van der Waals surface area contributed by atoms with E-state index in [1.54, 1.807) is 37.6 Å². The monoisotopic (exact) mass is 641 g/mol. The van der Waals surface area contributed by atoms with E-state index in [-0.39, 0.29) is 34.9 Å². The average Bonchev–Trinajstić information content (AvgIpc) is 3.45. The maximum Gasteiger partial charge on any atom is 0.247 e. The highest BCUT2D eigenvalue weighted by molar-refractivity contribution is 6.00. The van der Waals surface area contributed by atoms with Gasteiger partial charge in [0.2, 0.25) is 17.7 Å². The number of hydrogen-bond donors (Lipinski definition) is 1. The van der Waals surface area contributed by atoms with Crippen LogP contribution in [0, 0.1) is 11.6 Å². The first-order chi connectivity index (χ1) is 22.9. The quantitative estimate of drug-likeness (QED) is 0.145. The minimum atomic E-state index is -1.01. The summed E-state index contributed by atoms with van der Waals surface area (Å²) >= 11 is 0. The molecule has 1 N–H and O–H groups in total. The number of amides is 1. The molecule has 3 aromatic carbocycles. The molecule has 0 spiro atoms. The number of pyridine rings is 1. The second-order valence-electron chi connectivity index (χ2n) is 11.8. The number of benzene rings is 3. The van der Waals surface area contributed by atoms with Crippen LogP contribution in [0.15, 0.2) is 71.3 Å². The third-order valence-electron chi connectivity index (χ3n) is 8.58. The topological polar surface area (TPSA) is 112 Å². The molecule has 12 heteroatoms. The number of rotatable bonds is 12. The number of likely N-dealkylation sites (tertiary alicyclic amines) is 1. The van der Waals surface area contributed by atoms with Crippen molar-refractivity contribution in [2.75, 3.05) is 38.7 Å². The number of carbonyl (C=O) groups is 1. The Morgan fingerprint density at radius 1 is 0.957 bits per heavy atom. The van der Waals surface area contributed by atoms with Crippen molar-refractivity contribution in [1.29, 1.82) is 0 Å². The van der Waals surface area contributed by atoms with Crippen molar-refractivity contribution in [3.05, 3.63) is 84.4 Å². The van der Waals surface area contributed by atoms with Crippen LogP contribution in [0.4, 0.5) is 14.5 Å². The number of ether oxygens (including phenoxy) is 3. The van der Waals surface area contributed by atoms with E-state index in [0.29, 0.717) is 53.2 Å². The number of nitrogens with zero attached hydrogens (tertiary/aromatic N) is 4. The van der Waals surface area contributed by atoms with Crippen LogP contribution in [0.1, 0.15) is 38.0 Å². The predicted octanol–water partition coefficient (Wildman–Crippen LogP) is 6.90. The molecule has 1 aliphatic heterocycles. The Bertz CT molecular complexity index is 1910. The van der Waals surface area contributed by atoms with Crippen molar-refractivity contribution >= 4 is 22.5 Å². The van der Waals surface area contributed by atoms with Gasteiger partial charge in [-0.1, -0.05) is 0 Å². The molecule has 10 nitrogen and oxygen atoms in total. The van der Waals surface area contributed by atoms with Crippen LogP contribution >= 0.6 is 0 Å². The number of nitrogens with one attached hydrogen (secondary N) is 1. The molecule has 3 heterocycles. The number of methoxy groups -OCH3 is 1. The predicted molar refractivity (Wildman–Crippen MR) is 170 cm³/mol. The van der Waals surface area contributed by atoms with Crippen molar-refractivity contribution in [3.63, 3.8) is 0 Å². The molecule has 47 heavy (non-hydrogen) atoms. The fourth-order valence-corrected chi connectivity index (χ4v) is 5.79. The van der Waals surface area contributed by atoms with Crippen LogP contribution < -0.4 is 19.5 Å². The van der Waals surface area contributed by atoms with Gasteiger partial charge in [-0.3, -0.25) is 9.78 Å². The third-order valence-corrected chi connectivity index (χ3v) is 8.58. The number of hydrogen-bond acceptors (Lipinski definition) is 9. The van der Waals surface area contributed by atoms with Gasteiger partial charge in [-0.2, -0.15) is 0 Å². The summed E-state index contributed by atoms with van der Waals surface area (Å²) in [6.07, 6.45) is 6.00. The van der Waals surface area contributed by atoms with Gasteiger partial charge in [-0.15, -0.1) is 10.2 Å². The lowest BCUT2D eigenvalue weighted by molar-refractivity contribution is -0.119. The Labute approximate surface area is 269 Å². The highest BCUT2D eigenvalue weighted by Crippen LogP contribution is 2.49. The zero-order chi connectivity index (χ0) is 32.4. The lowest BCUT2D eigenvalue weighted by atomic mass is 10.1. The molecule has 5 aromatic rings. The van der Waals surface area contributed by atoms with Gasteiger partial charge < -0.3 is 28.8 Å². The SMILES string of the molecule is COc1cc2c(Oc3ccc(NC(=O)C4(c5nnc(-c6ccc(F)cc6)o5)CC4)cc3F)ccnc2cc1OCCCN1CCCC1. The Hall–Kier alpha value is -5.10. The number of fused-ring (bicyclic) bond motifs is 1. The van der Waals surface area contributed by atoms with Crippen LogP contribution in [-0.2, 0) is 10.2 Å². The van der Waals surface area contributed by atoms with Gasteiger partial charge >= 0.3 is 0 Å². The summed E-state index contributed by atoms with van der Waals surface area (Å²) < 4.78 is 52.0. The normalized spacial score (nSPS) is 15.5. The fourth-order valence-electron chi connectivity index (χ4n) is 5.79. The number of halogens is 2. The molecular weight excluding hydrogens is 608 g/mol. The van der Waals surface area contributed by atoms with Crippen LogP contribution in [-0.4, -0.2) is 59.3 Å². The summed E-state index contributed by atoms with van der Waals surface area (Å²) in [6, 6.07) is 15.0. The fraction of sp³-hybridized carbons (Fsp3) is 0.314. The van der Waals surface area contributed by atoms with Gasteiger partial charge in [0.1, 0.15) is 17.0 Å². The molecule has 0 atom stereocenters. The highest BCUT2D eigenvalue weighted by atomic mass is 19.1. The average molecular weight is 642 g/mol. The zero-order valence-electron chi connectivity index (χ0n) is 25.8. The van der Waals surface area contributed by atoms with E-state index >= 15 is 4.39 Å². The number of anilines is 1. The van der Waals surface area contributed by atoms with E-state index in [1.807, 2.05) is 0 Å². The molecule has 2 aliphatic rings. The molecule has 2 aromatic heterocycles. The Balaban J connectivity index is 1.02. The molecule has 0 unspecified atom stereocenters. The molecule has 2 fully saturated rings. The van der Waals surface area contributed by atoms with Gasteiger partial charge in [-0.05, 0) is 93.7 Å². The van der Waals surface area contributed by atoms with Crippen LogP contribution in [0.2, 0.25) is 0 Å². The second-order valence-corrected chi connectivity index (χ2v) is 11.8. The largest absolute Gasteiger partial charge is 0.493 e. The molecule has 0 radical (unpaired) electrons. The Morgan fingerprint density at radius 3 is 2.51 bits per heavy atom. The molecule has 1 saturated heterocycles. The summed E-state index contributed by atoms with van der Waals surface area (Å²) in [6.45, 7) is 3.84. The van der Waals surface area contributed by atoms with Crippen molar-refractivity contribution < 1.29 is 32.2 Å². The lowest BCUT2D eigenvalue weighted by Gasteiger charge is -2.16. The second kappa shape index (κ2) is 13.0. The van der Waals surface area contributed by atoms with Gasteiger partial charge in [0.25, 0.3) is 0 Å². The lowest BCUT2D eigenvalue weighted by Crippen LogP contribution is -2.28. The third kappa shape index (κ3) is 6.46. The smallest absolute Gasteiger partial charge is 0.247 e. The zero-order valence-corrected chi connectivity index (χ0v) is 25.8. The van der Waals surface area contributed by atoms with Crippen LogP contribution in [0.25, 0.3) is 22.4 Å². The molecule has 0 bridgehead atoms. The summed E-state index contributed by atoms with van der Waals surface area (Å²) in [7, 11) is 1.57. The highest BCUT2D eigenvalue weighted by Gasteiger charge is 2.56. The van der Waals surface area contributed by atoms with E-state index < -0.39 is 11.2 Å². The van der Waals surface area contributed by atoms with Crippen LogP contribution in [0.3, 0.4) is 0 Å². The summed E-state index contributed by atoms with van der Waals surface area (Å²) in [5, 5.41) is 11.5. The van der Waals surface area contributed by atoms with E-state index in [9.17, 15) is 9.18 Å². The van der Waals surface area contributed by atoms with Gasteiger partial charge in [-0.25, -0.2) is 8.78 Å². The maximum absolute atomic E-state index is 15.3. The summed E-state index contributed by atoms with van der Waals surface area (Å²) in [5.41, 5.74) is 0.386. The minimum Gasteiger partial charge on any atom is -0.493 e. The first kappa shape index (κ1) is 30.5. The van der Waals surface area contributed by atoms with E-state index in [0.717, 1.165) is 26.1 Å². The van der Waals surface area contributed by atoms with Crippen molar-refractivity contribution in [2.45, 2.75) is 37.5 Å². The van der Waals surface area contributed by atoms with E-state index in [1.165, 1.54) is 49.2 Å². The van der Waals surface area contributed by atoms with Gasteiger partial charge in [0.05, 0.1) is 19.2 Å². The van der Waals surface area contributed by atoms with Crippen molar-refractivity contribution in [1.82, 2.24) is 20.1 Å². The molecule has 7 rings (SSSR count). The van der Waals surface area contributed by atoms with Gasteiger partial charge in [0, 0.05) is 41.5 Å². The summed E-state index contributed by atoms with van der Waals surface area (Å²) in [4.78, 5) is 20.2. The van der Waals surface area contributed by atoms with E-state index in [4.69, 9.17) is 18.6 Å². The van der Waals surface area contributed by atoms with E-state index in [2.05, 4.69) is 25.4 Å². The maximum atomic E-state index is 15.3. The molecule has 1 aliphatic carbocycles. The van der Waals surface area contributed by atoms with Crippen LogP contribution in [0.5, 0.6) is 23.0 Å². The molecule has 1 saturated carbocycles. The van der Waals surface area contributed by atoms with Crippen molar-refractivity contribution in [2.24, 2.45) is 0 Å². The summed E-state index contributed by atoms with van der Waals surface area (Å²) in [5.74, 6) is 0.360. The minimum absolute atomic E-state index is 0.0290. The van der Waals surface area contributed by atoms with Gasteiger partial charge in [0.15, 0.2) is 23.1 Å². The first-order valence-corrected chi connectivity index (χ1v) is 15.6. The molecule has 242 valence electrons. The Morgan fingerprint density at radius 2 is 1.77 bits per heavy atom. The number of carbonyl (C=O) groups excluding carboxylic acids is 1. The van der Waals surface area contributed by atoms with Crippen molar-refractivity contribution in [3.8, 4) is 34.5 Å². The Kier molecular flexibility index (Phi) is 8.42. The number of aromatic nitrogens is 3. The molecular formula is C35H33F2N5O5.